The van der Waals surface area contributed by atoms with Crippen LogP contribution in [0.4, 0.5) is 23.1 Å². The van der Waals surface area contributed by atoms with E-state index in [1.165, 1.54) is 54.8 Å². The van der Waals surface area contributed by atoms with E-state index in [9.17, 15) is 31.5 Å². The zero-order valence-electron chi connectivity index (χ0n) is 28.5. The Hall–Kier alpha value is -5.26. The van der Waals surface area contributed by atoms with Gasteiger partial charge in [-0.05, 0) is 79.9 Å². The number of carbonyl (C=O) groups excluding carboxylic acids is 1. The highest BCUT2D eigenvalue weighted by atomic mass is 32.2. The number of alkyl halides is 3. The standard InChI is InChI=1S/C35H33F3N6O6S2/c1-34(2,3)50-33(46)43-18-29(26-10-7-23(35(36,37)38)15-28(26)30-12-13-40-42(30)4)27-11-9-25(16-31(27)43)52(47,48)44(32-39-20-41-51-32)17-21-6-8-24(49-5)14-22(21)19-45/h6-16,18,20,45H,17,19H2,1-5H3. The number of fused-ring (bicyclic) bond motifs is 1. The summed E-state index contributed by atoms with van der Waals surface area (Å²) in [6.07, 6.45) is -1.37. The van der Waals surface area contributed by atoms with Gasteiger partial charge in [-0.1, -0.05) is 18.2 Å². The number of anilines is 1. The molecule has 0 radical (unpaired) electrons. The third kappa shape index (κ3) is 7.11. The quantitative estimate of drug-likeness (QED) is 0.161. The molecule has 12 nitrogen and oxygen atoms in total. The van der Waals surface area contributed by atoms with Crippen molar-refractivity contribution in [3.05, 3.63) is 96.1 Å². The molecule has 272 valence electrons. The van der Waals surface area contributed by atoms with Gasteiger partial charge in [0.25, 0.3) is 10.0 Å². The molecule has 0 atom stereocenters. The monoisotopic (exact) mass is 754 g/mol. The molecule has 6 rings (SSSR count). The summed E-state index contributed by atoms with van der Waals surface area (Å²) < 4.78 is 89.3. The minimum absolute atomic E-state index is 0.0496. The topological polar surface area (TPSA) is 142 Å². The van der Waals surface area contributed by atoms with Gasteiger partial charge in [-0.3, -0.25) is 9.25 Å². The van der Waals surface area contributed by atoms with Gasteiger partial charge >= 0.3 is 12.3 Å². The fourth-order valence-corrected chi connectivity index (χ4v) is 7.84. The lowest BCUT2D eigenvalue weighted by Gasteiger charge is -2.23. The Labute approximate surface area is 300 Å². The number of rotatable bonds is 9. The van der Waals surface area contributed by atoms with Gasteiger partial charge in [0.05, 0.1) is 41.9 Å². The second-order valence-corrected chi connectivity index (χ2v) is 15.3. The summed E-state index contributed by atoms with van der Waals surface area (Å²) in [6, 6.07) is 13.9. The van der Waals surface area contributed by atoms with Gasteiger partial charge in [-0.2, -0.15) is 22.6 Å². The van der Waals surface area contributed by atoms with Crippen molar-refractivity contribution >= 4 is 43.7 Å². The first-order valence-corrected chi connectivity index (χ1v) is 17.9. The lowest BCUT2D eigenvalue weighted by atomic mass is 9.95. The van der Waals surface area contributed by atoms with Crippen LogP contribution in [0.5, 0.6) is 5.75 Å². The Morgan fingerprint density at radius 2 is 1.75 bits per heavy atom. The van der Waals surface area contributed by atoms with Crippen molar-refractivity contribution in [3.8, 4) is 28.1 Å². The van der Waals surface area contributed by atoms with Gasteiger partial charge in [-0.15, -0.1) is 0 Å². The second kappa shape index (κ2) is 13.7. The summed E-state index contributed by atoms with van der Waals surface area (Å²) in [5.74, 6) is 0.474. The number of aliphatic hydroxyl groups is 1. The number of sulfonamides is 1. The number of halogens is 3. The lowest BCUT2D eigenvalue weighted by Crippen LogP contribution is -2.31. The molecule has 0 aliphatic heterocycles. The second-order valence-electron chi connectivity index (χ2n) is 12.7. The zero-order valence-corrected chi connectivity index (χ0v) is 30.2. The van der Waals surface area contributed by atoms with E-state index < -0.39 is 33.5 Å². The highest BCUT2D eigenvalue weighted by Gasteiger charge is 2.33. The molecule has 3 aromatic carbocycles. The Kier molecular flexibility index (Phi) is 9.63. The van der Waals surface area contributed by atoms with E-state index in [0.717, 1.165) is 32.5 Å². The highest BCUT2D eigenvalue weighted by molar-refractivity contribution is 7.93. The average molecular weight is 755 g/mol. The number of aliphatic hydroxyl groups excluding tert-OH is 1. The first-order chi connectivity index (χ1) is 24.5. The summed E-state index contributed by atoms with van der Waals surface area (Å²) in [4.78, 5) is 17.6. The molecule has 6 aromatic rings. The number of hydrogen-bond acceptors (Lipinski definition) is 10. The Balaban J connectivity index is 1.55. The third-order valence-corrected chi connectivity index (χ3v) is 10.7. The number of benzene rings is 3. The number of nitrogens with zero attached hydrogens (tertiary/aromatic N) is 6. The molecule has 0 saturated heterocycles. The molecule has 17 heteroatoms. The predicted octanol–water partition coefficient (Wildman–Crippen LogP) is 7.26. The predicted molar refractivity (Wildman–Crippen MR) is 188 cm³/mol. The number of aryl methyl sites for hydroxylation is 1. The normalized spacial score (nSPS) is 12.3. The molecule has 0 amide bonds. The molecule has 1 N–H and O–H groups in total. The molecule has 3 heterocycles. The molecule has 0 fully saturated rings. The summed E-state index contributed by atoms with van der Waals surface area (Å²) in [5, 5.41) is 14.6. The number of methoxy groups -OCH3 is 1. The van der Waals surface area contributed by atoms with Crippen LogP contribution < -0.4 is 9.04 Å². The van der Waals surface area contributed by atoms with E-state index in [1.807, 2.05) is 0 Å². The van der Waals surface area contributed by atoms with Crippen molar-refractivity contribution in [2.45, 2.75) is 50.6 Å². The van der Waals surface area contributed by atoms with Gasteiger partial charge in [-0.25, -0.2) is 22.5 Å². The zero-order chi connectivity index (χ0) is 37.6. The number of hydrogen-bond donors (Lipinski definition) is 1. The van der Waals surface area contributed by atoms with E-state index in [4.69, 9.17) is 9.47 Å². The molecule has 0 aliphatic rings. The summed E-state index contributed by atoms with van der Waals surface area (Å²) in [5.41, 5.74) is 0.476. The number of aromatic nitrogens is 5. The maximum atomic E-state index is 14.5. The van der Waals surface area contributed by atoms with Crippen molar-refractivity contribution in [2.24, 2.45) is 7.05 Å². The molecular weight excluding hydrogens is 722 g/mol. The fraction of sp³-hybridized carbons (Fsp3) is 0.257. The van der Waals surface area contributed by atoms with Crippen molar-refractivity contribution in [3.63, 3.8) is 0 Å². The lowest BCUT2D eigenvalue weighted by molar-refractivity contribution is -0.137. The van der Waals surface area contributed by atoms with Crippen molar-refractivity contribution in [2.75, 3.05) is 11.4 Å². The molecule has 0 saturated carbocycles. The van der Waals surface area contributed by atoms with Crippen LogP contribution in [0, 0.1) is 0 Å². The van der Waals surface area contributed by atoms with Crippen LogP contribution in [0.3, 0.4) is 0 Å². The van der Waals surface area contributed by atoms with Crippen molar-refractivity contribution < 1.29 is 41.0 Å². The Bertz CT molecular complexity index is 2380. The van der Waals surface area contributed by atoms with Crippen LogP contribution in [0.2, 0.25) is 0 Å². The largest absolute Gasteiger partial charge is 0.497 e. The van der Waals surface area contributed by atoms with Crippen LogP contribution in [0.1, 0.15) is 37.5 Å². The van der Waals surface area contributed by atoms with Crippen LogP contribution in [0.15, 0.2) is 84.3 Å². The highest BCUT2D eigenvalue weighted by Crippen LogP contribution is 2.42. The summed E-state index contributed by atoms with van der Waals surface area (Å²) >= 11 is 0.848. The van der Waals surface area contributed by atoms with Gasteiger partial charge in [0.15, 0.2) is 0 Å². The fourth-order valence-electron chi connectivity index (χ4n) is 5.69. The minimum atomic E-state index is -4.64. The molecule has 0 unspecified atom stereocenters. The number of ether oxygens (including phenoxy) is 2. The molecule has 0 aliphatic carbocycles. The smallest absolute Gasteiger partial charge is 0.419 e. The van der Waals surface area contributed by atoms with E-state index >= 15 is 0 Å². The van der Waals surface area contributed by atoms with Crippen LogP contribution >= 0.6 is 11.5 Å². The van der Waals surface area contributed by atoms with Crippen molar-refractivity contribution in [1.82, 2.24) is 23.7 Å². The summed E-state index contributed by atoms with van der Waals surface area (Å²) in [7, 11) is -1.36. The SMILES string of the molecule is COc1ccc(CN(c2ncns2)S(=O)(=O)c2ccc3c(-c4ccc(C(F)(F)F)cc4-c4ccnn4C)cn(C(=O)OC(C)(C)C)c3c2)c(CO)c1. The van der Waals surface area contributed by atoms with Gasteiger partial charge in [0, 0.05) is 47.5 Å². The van der Waals surface area contributed by atoms with E-state index in [-0.39, 0.29) is 34.3 Å². The van der Waals surface area contributed by atoms with Crippen LogP contribution in [-0.4, -0.2) is 56.0 Å². The molecular formula is C35H33F3N6O6S2. The van der Waals surface area contributed by atoms with Gasteiger partial charge in [0.2, 0.25) is 5.13 Å². The average Bonchev–Trinajstić information content (AvgIpc) is 3.86. The van der Waals surface area contributed by atoms with Gasteiger partial charge in [0.1, 0.15) is 17.7 Å². The Morgan fingerprint density at radius 1 is 0.981 bits per heavy atom. The van der Waals surface area contributed by atoms with E-state index in [0.29, 0.717) is 39.1 Å². The van der Waals surface area contributed by atoms with E-state index in [2.05, 4.69) is 14.5 Å². The first-order valence-electron chi connectivity index (χ1n) is 15.7. The van der Waals surface area contributed by atoms with E-state index in [1.54, 1.807) is 52.1 Å². The molecule has 0 spiro atoms. The third-order valence-electron chi connectivity index (χ3n) is 8.15. The Morgan fingerprint density at radius 3 is 2.37 bits per heavy atom. The molecule has 3 aromatic heterocycles. The minimum Gasteiger partial charge on any atom is -0.497 e. The van der Waals surface area contributed by atoms with Gasteiger partial charge < -0.3 is 14.6 Å². The number of carbonyl (C=O) groups is 1. The van der Waals surface area contributed by atoms with Crippen LogP contribution in [0.25, 0.3) is 33.3 Å². The van der Waals surface area contributed by atoms with Crippen molar-refractivity contribution in [1.29, 1.82) is 0 Å². The van der Waals surface area contributed by atoms with Crippen LogP contribution in [-0.2, 0) is 41.1 Å². The molecule has 52 heavy (non-hydrogen) atoms. The summed E-state index contributed by atoms with van der Waals surface area (Å²) in [6.45, 7) is 4.39. The first kappa shape index (κ1) is 36.5. The maximum Gasteiger partial charge on any atom is 0.419 e. The maximum absolute atomic E-state index is 14.5. The molecule has 0 bridgehead atoms.